The molecule has 8 heteroatoms. The van der Waals surface area contributed by atoms with Crippen LogP contribution < -0.4 is 14.2 Å². The molecule has 6 nitrogen and oxygen atoms in total. The Kier molecular flexibility index (Phi) is 4.85. The Morgan fingerprint density at radius 2 is 1.61 bits per heavy atom. The number of sulfonamides is 1. The third-order valence-corrected chi connectivity index (χ3v) is 4.33. The topological polar surface area (TPSA) is 81.7 Å². The van der Waals surface area contributed by atoms with Crippen molar-refractivity contribution in [2.45, 2.75) is 4.90 Å². The van der Waals surface area contributed by atoms with Crippen molar-refractivity contribution in [1.82, 2.24) is 4.72 Å². The van der Waals surface area contributed by atoms with Crippen LogP contribution in [-0.4, -0.2) is 28.5 Å². The van der Waals surface area contributed by atoms with Gasteiger partial charge in [-0.25, -0.2) is 17.5 Å². The third-order valence-electron chi connectivity index (χ3n) is 3.00. The molecule has 1 amide bonds. The van der Waals surface area contributed by atoms with E-state index in [4.69, 9.17) is 9.47 Å². The third kappa shape index (κ3) is 3.78. The Morgan fingerprint density at radius 3 is 2.17 bits per heavy atom. The van der Waals surface area contributed by atoms with Gasteiger partial charge in [0.25, 0.3) is 15.9 Å². The molecule has 0 aliphatic heterocycles. The Labute approximate surface area is 132 Å². The van der Waals surface area contributed by atoms with Crippen molar-refractivity contribution >= 4 is 15.9 Å². The molecule has 2 rings (SSSR count). The highest BCUT2D eigenvalue weighted by Crippen LogP contribution is 2.29. The number of hydrogen-bond donors (Lipinski definition) is 1. The number of hydrogen-bond acceptors (Lipinski definition) is 5. The van der Waals surface area contributed by atoms with E-state index in [9.17, 15) is 17.6 Å². The van der Waals surface area contributed by atoms with E-state index >= 15 is 0 Å². The molecule has 122 valence electrons. The number of ether oxygens (including phenoxy) is 2. The minimum absolute atomic E-state index is 0.0236. The summed E-state index contributed by atoms with van der Waals surface area (Å²) in [6.07, 6.45) is 0. The van der Waals surface area contributed by atoms with Gasteiger partial charge in [-0.1, -0.05) is 0 Å². The van der Waals surface area contributed by atoms with Gasteiger partial charge in [0, 0.05) is 11.6 Å². The average Bonchev–Trinajstić information content (AvgIpc) is 2.54. The Bertz CT molecular complexity index is 818. The fourth-order valence-electron chi connectivity index (χ4n) is 1.82. The van der Waals surface area contributed by atoms with Crippen molar-refractivity contribution < 1.29 is 27.1 Å². The van der Waals surface area contributed by atoms with E-state index in [2.05, 4.69) is 0 Å². The second-order valence-corrected chi connectivity index (χ2v) is 6.14. The first-order valence-corrected chi connectivity index (χ1v) is 7.90. The van der Waals surface area contributed by atoms with Crippen molar-refractivity contribution in [3.63, 3.8) is 0 Å². The average molecular weight is 339 g/mol. The molecule has 0 spiro atoms. The summed E-state index contributed by atoms with van der Waals surface area (Å²) in [5.74, 6) is -0.815. The predicted molar refractivity (Wildman–Crippen MR) is 80.6 cm³/mol. The van der Waals surface area contributed by atoms with Gasteiger partial charge in [0.1, 0.15) is 5.82 Å². The SMILES string of the molecule is COc1ccc(S(=O)(=O)NC(=O)c2ccc(F)cc2)cc1OC. The van der Waals surface area contributed by atoms with Crippen LogP contribution in [0.15, 0.2) is 47.4 Å². The van der Waals surface area contributed by atoms with Crippen LogP contribution in [0.1, 0.15) is 10.4 Å². The van der Waals surface area contributed by atoms with Crippen LogP contribution in [0.5, 0.6) is 11.5 Å². The van der Waals surface area contributed by atoms with Gasteiger partial charge in [0.05, 0.1) is 19.1 Å². The van der Waals surface area contributed by atoms with Crippen LogP contribution in [0.2, 0.25) is 0 Å². The van der Waals surface area contributed by atoms with E-state index in [1.54, 1.807) is 0 Å². The predicted octanol–water partition coefficient (Wildman–Crippen LogP) is 1.96. The highest BCUT2D eigenvalue weighted by atomic mass is 32.2. The van der Waals surface area contributed by atoms with Gasteiger partial charge in [-0.3, -0.25) is 4.79 Å². The summed E-state index contributed by atoms with van der Waals surface area (Å²) in [5.41, 5.74) is 0.0236. The van der Waals surface area contributed by atoms with Gasteiger partial charge < -0.3 is 9.47 Å². The number of halogens is 1. The van der Waals surface area contributed by atoms with Crippen molar-refractivity contribution in [3.05, 3.63) is 53.8 Å². The number of carbonyl (C=O) groups is 1. The smallest absolute Gasteiger partial charge is 0.265 e. The van der Waals surface area contributed by atoms with E-state index in [1.807, 2.05) is 4.72 Å². The maximum absolute atomic E-state index is 12.8. The monoisotopic (exact) mass is 339 g/mol. The van der Waals surface area contributed by atoms with E-state index in [-0.39, 0.29) is 16.2 Å². The number of benzene rings is 2. The summed E-state index contributed by atoms with van der Waals surface area (Å²) in [6, 6.07) is 8.44. The van der Waals surface area contributed by atoms with Crippen LogP contribution >= 0.6 is 0 Å². The molecular weight excluding hydrogens is 325 g/mol. The first-order valence-electron chi connectivity index (χ1n) is 6.42. The van der Waals surface area contributed by atoms with Crippen LogP contribution in [0, 0.1) is 5.82 Å². The number of carbonyl (C=O) groups excluding carboxylic acids is 1. The summed E-state index contributed by atoms with van der Waals surface area (Å²) < 4.78 is 49.3. The molecule has 0 fully saturated rings. The lowest BCUT2D eigenvalue weighted by atomic mass is 10.2. The van der Waals surface area contributed by atoms with Gasteiger partial charge in [-0.05, 0) is 36.4 Å². The number of nitrogens with one attached hydrogen (secondary N) is 1. The lowest BCUT2D eigenvalue weighted by molar-refractivity contribution is 0.0981. The molecule has 0 saturated heterocycles. The molecule has 1 N–H and O–H groups in total. The second-order valence-electron chi connectivity index (χ2n) is 4.46. The van der Waals surface area contributed by atoms with Crippen LogP contribution in [0.25, 0.3) is 0 Å². The van der Waals surface area contributed by atoms with E-state index in [0.29, 0.717) is 5.75 Å². The fraction of sp³-hybridized carbons (Fsp3) is 0.133. The van der Waals surface area contributed by atoms with Gasteiger partial charge in [-0.15, -0.1) is 0 Å². The largest absolute Gasteiger partial charge is 0.493 e. The van der Waals surface area contributed by atoms with Crippen molar-refractivity contribution in [2.24, 2.45) is 0 Å². The Morgan fingerprint density at radius 1 is 1.00 bits per heavy atom. The zero-order chi connectivity index (χ0) is 17.0. The maximum Gasteiger partial charge on any atom is 0.265 e. The molecule has 0 radical (unpaired) electrons. The summed E-state index contributed by atoms with van der Waals surface area (Å²) in [5, 5.41) is 0. The van der Waals surface area contributed by atoms with Gasteiger partial charge in [0.2, 0.25) is 0 Å². The second kappa shape index (κ2) is 6.66. The van der Waals surface area contributed by atoms with Crippen molar-refractivity contribution in [2.75, 3.05) is 14.2 Å². The molecule has 0 saturated carbocycles. The molecule has 2 aromatic rings. The van der Waals surface area contributed by atoms with Crippen LogP contribution in [0.4, 0.5) is 4.39 Å². The van der Waals surface area contributed by atoms with Gasteiger partial charge in [-0.2, -0.15) is 0 Å². The molecule has 0 bridgehead atoms. The fourth-order valence-corrected chi connectivity index (χ4v) is 2.81. The molecule has 0 aliphatic rings. The summed E-state index contributed by atoms with van der Waals surface area (Å²) >= 11 is 0. The Hall–Kier alpha value is -2.61. The lowest BCUT2D eigenvalue weighted by Gasteiger charge is -2.11. The van der Waals surface area contributed by atoms with Gasteiger partial charge >= 0.3 is 0 Å². The zero-order valence-electron chi connectivity index (χ0n) is 12.4. The van der Waals surface area contributed by atoms with E-state index in [0.717, 1.165) is 12.1 Å². The molecule has 0 unspecified atom stereocenters. The highest BCUT2D eigenvalue weighted by molar-refractivity contribution is 7.90. The van der Waals surface area contributed by atoms with Crippen LogP contribution in [-0.2, 0) is 10.0 Å². The first-order chi connectivity index (χ1) is 10.9. The molecule has 0 aliphatic carbocycles. The molecular formula is C15H14FNO5S. The van der Waals surface area contributed by atoms with Crippen molar-refractivity contribution in [1.29, 1.82) is 0 Å². The lowest BCUT2D eigenvalue weighted by Crippen LogP contribution is -2.30. The molecule has 2 aromatic carbocycles. The van der Waals surface area contributed by atoms with Crippen LogP contribution in [0.3, 0.4) is 0 Å². The first kappa shape index (κ1) is 16.8. The van der Waals surface area contributed by atoms with Crippen molar-refractivity contribution in [3.8, 4) is 11.5 Å². The highest BCUT2D eigenvalue weighted by Gasteiger charge is 2.20. The standard InChI is InChI=1S/C15H14FNO5S/c1-21-13-8-7-12(9-14(13)22-2)23(19,20)17-15(18)10-3-5-11(16)6-4-10/h3-9H,1-2H3,(H,17,18). The Balaban J connectivity index is 2.28. The minimum Gasteiger partial charge on any atom is -0.493 e. The number of methoxy groups -OCH3 is 2. The van der Waals surface area contributed by atoms with E-state index < -0.39 is 21.7 Å². The van der Waals surface area contributed by atoms with E-state index in [1.165, 1.54) is 44.6 Å². The van der Waals surface area contributed by atoms with Gasteiger partial charge in [0.15, 0.2) is 11.5 Å². The summed E-state index contributed by atoms with van der Waals surface area (Å²) in [4.78, 5) is 11.8. The number of rotatable bonds is 5. The number of amides is 1. The minimum atomic E-state index is -4.10. The normalized spacial score (nSPS) is 10.9. The summed E-state index contributed by atoms with van der Waals surface area (Å²) in [7, 11) is -1.32. The quantitative estimate of drug-likeness (QED) is 0.900. The summed E-state index contributed by atoms with van der Waals surface area (Å²) in [6.45, 7) is 0. The maximum atomic E-state index is 12.8. The zero-order valence-corrected chi connectivity index (χ0v) is 13.2. The molecule has 0 aromatic heterocycles. The molecule has 0 heterocycles. The molecule has 0 atom stereocenters. The molecule has 23 heavy (non-hydrogen) atoms.